The highest BCUT2D eigenvalue weighted by Gasteiger charge is 2.08. The van der Waals surface area contributed by atoms with E-state index in [-0.39, 0.29) is 0 Å². The third kappa shape index (κ3) is 4.20. The third-order valence-electron chi connectivity index (χ3n) is 2.44. The number of thiazole rings is 1. The molecule has 0 aliphatic carbocycles. The van der Waals surface area contributed by atoms with Crippen molar-refractivity contribution in [2.24, 2.45) is 0 Å². The quantitative estimate of drug-likeness (QED) is 0.702. The SMILES string of the molecule is CCCCN(CCCC)c1ncc(C)s1. The maximum atomic E-state index is 4.47. The highest BCUT2D eigenvalue weighted by Crippen LogP contribution is 2.22. The van der Waals surface area contributed by atoms with Crippen LogP contribution in [0.15, 0.2) is 6.20 Å². The van der Waals surface area contributed by atoms with Crippen molar-refractivity contribution < 1.29 is 0 Å². The molecule has 0 unspecified atom stereocenters. The molecule has 0 bridgehead atoms. The van der Waals surface area contributed by atoms with Gasteiger partial charge in [0.15, 0.2) is 5.13 Å². The van der Waals surface area contributed by atoms with E-state index in [2.05, 4.69) is 30.7 Å². The standard InChI is InChI=1S/C12H22N2S/c1-4-6-8-14(9-7-5-2)12-13-10-11(3)15-12/h10H,4-9H2,1-3H3. The van der Waals surface area contributed by atoms with E-state index in [0.29, 0.717) is 0 Å². The molecule has 0 saturated heterocycles. The molecule has 1 aromatic rings. The van der Waals surface area contributed by atoms with Crippen molar-refractivity contribution in [3.05, 3.63) is 11.1 Å². The van der Waals surface area contributed by atoms with Crippen LogP contribution in [-0.2, 0) is 0 Å². The second-order valence-electron chi connectivity index (χ2n) is 3.95. The van der Waals surface area contributed by atoms with Gasteiger partial charge >= 0.3 is 0 Å². The molecule has 2 nitrogen and oxygen atoms in total. The molecule has 0 amide bonds. The molecule has 0 N–H and O–H groups in total. The monoisotopic (exact) mass is 226 g/mol. The van der Waals surface area contributed by atoms with Gasteiger partial charge in [-0.2, -0.15) is 0 Å². The van der Waals surface area contributed by atoms with E-state index in [1.807, 2.05) is 17.5 Å². The second kappa shape index (κ2) is 6.83. The predicted octanol–water partition coefficient (Wildman–Crippen LogP) is 3.86. The van der Waals surface area contributed by atoms with Crippen LogP contribution in [0.3, 0.4) is 0 Å². The molecule has 15 heavy (non-hydrogen) atoms. The van der Waals surface area contributed by atoms with E-state index < -0.39 is 0 Å². The summed E-state index contributed by atoms with van der Waals surface area (Å²) in [5, 5.41) is 1.20. The first-order chi connectivity index (χ1) is 7.27. The van der Waals surface area contributed by atoms with Crippen LogP contribution >= 0.6 is 11.3 Å². The molecule has 0 aliphatic heterocycles. The highest BCUT2D eigenvalue weighted by molar-refractivity contribution is 7.15. The van der Waals surface area contributed by atoms with Crippen molar-refractivity contribution in [1.82, 2.24) is 4.98 Å². The average Bonchev–Trinajstić information content (AvgIpc) is 2.65. The van der Waals surface area contributed by atoms with Gasteiger partial charge in [0.05, 0.1) is 0 Å². The predicted molar refractivity (Wildman–Crippen MR) is 68.9 cm³/mol. The molecule has 0 atom stereocenters. The number of hydrogen-bond donors (Lipinski definition) is 0. The lowest BCUT2D eigenvalue weighted by Crippen LogP contribution is -2.25. The van der Waals surface area contributed by atoms with Gasteiger partial charge in [-0.05, 0) is 19.8 Å². The molecule has 0 aliphatic rings. The molecular weight excluding hydrogens is 204 g/mol. The van der Waals surface area contributed by atoms with E-state index >= 15 is 0 Å². The minimum absolute atomic E-state index is 1.16. The molecule has 0 fully saturated rings. The molecule has 3 heteroatoms. The maximum Gasteiger partial charge on any atom is 0.185 e. The topological polar surface area (TPSA) is 16.1 Å². The smallest absolute Gasteiger partial charge is 0.185 e. The number of anilines is 1. The molecule has 0 aromatic carbocycles. The maximum absolute atomic E-state index is 4.47. The first kappa shape index (κ1) is 12.5. The minimum atomic E-state index is 1.16. The van der Waals surface area contributed by atoms with E-state index in [4.69, 9.17) is 0 Å². The Bertz CT molecular complexity index is 262. The zero-order valence-electron chi connectivity index (χ0n) is 10.1. The Morgan fingerprint density at radius 1 is 1.20 bits per heavy atom. The Morgan fingerprint density at radius 3 is 2.20 bits per heavy atom. The van der Waals surface area contributed by atoms with Gasteiger partial charge in [-0.25, -0.2) is 4.98 Å². The van der Waals surface area contributed by atoms with Gasteiger partial charge in [-0.15, -0.1) is 11.3 Å². The number of hydrogen-bond acceptors (Lipinski definition) is 3. The van der Waals surface area contributed by atoms with Crippen LogP contribution < -0.4 is 4.90 Å². The van der Waals surface area contributed by atoms with Gasteiger partial charge in [0.25, 0.3) is 0 Å². The summed E-state index contributed by atoms with van der Waals surface area (Å²) >= 11 is 1.81. The summed E-state index contributed by atoms with van der Waals surface area (Å²) in [4.78, 5) is 8.21. The summed E-state index contributed by atoms with van der Waals surface area (Å²) in [6.07, 6.45) is 7.02. The number of nitrogens with zero attached hydrogens (tertiary/aromatic N) is 2. The van der Waals surface area contributed by atoms with Crippen LogP contribution in [0.2, 0.25) is 0 Å². The Balaban J connectivity index is 2.54. The minimum Gasteiger partial charge on any atom is -0.348 e. The Morgan fingerprint density at radius 2 is 1.80 bits per heavy atom. The van der Waals surface area contributed by atoms with Crippen molar-refractivity contribution in [3.63, 3.8) is 0 Å². The van der Waals surface area contributed by atoms with Crippen molar-refractivity contribution in [2.45, 2.75) is 46.5 Å². The molecule has 1 heterocycles. The first-order valence-corrected chi connectivity index (χ1v) is 6.77. The number of rotatable bonds is 7. The van der Waals surface area contributed by atoms with Crippen molar-refractivity contribution in [3.8, 4) is 0 Å². The van der Waals surface area contributed by atoms with Crippen LogP contribution in [0.1, 0.15) is 44.4 Å². The highest BCUT2D eigenvalue weighted by atomic mass is 32.1. The van der Waals surface area contributed by atoms with Crippen LogP contribution in [-0.4, -0.2) is 18.1 Å². The second-order valence-corrected chi connectivity index (χ2v) is 5.16. The number of aryl methyl sites for hydroxylation is 1. The number of aromatic nitrogens is 1. The van der Waals surface area contributed by atoms with Gasteiger partial charge in [-0.3, -0.25) is 0 Å². The van der Waals surface area contributed by atoms with Gasteiger partial charge in [0.1, 0.15) is 0 Å². The Kier molecular flexibility index (Phi) is 5.69. The summed E-state index contributed by atoms with van der Waals surface area (Å²) < 4.78 is 0. The van der Waals surface area contributed by atoms with Crippen molar-refractivity contribution in [2.75, 3.05) is 18.0 Å². The summed E-state index contributed by atoms with van der Waals surface area (Å²) in [6.45, 7) is 8.92. The normalized spacial score (nSPS) is 10.6. The lowest BCUT2D eigenvalue weighted by Gasteiger charge is -2.21. The summed E-state index contributed by atoms with van der Waals surface area (Å²) in [5.41, 5.74) is 0. The fourth-order valence-electron chi connectivity index (χ4n) is 1.49. The van der Waals surface area contributed by atoms with Crippen molar-refractivity contribution >= 4 is 16.5 Å². The van der Waals surface area contributed by atoms with Gasteiger partial charge < -0.3 is 4.90 Å². The largest absolute Gasteiger partial charge is 0.348 e. The first-order valence-electron chi connectivity index (χ1n) is 5.95. The molecule has 1 aromatic heterocycles. The molecular formula is C12H22N2S. The van der Waals surface area contributed by atoms with Crippen LogP contribution in [0.4, 0.5) is 5.13 Å². The third-order valence-corrected chi connectivity index (χ3v) is 3.42. The Hall–Kier alpha value is -0.570. The van der Waals surface area contributed by atoms with E-state index in [1.165, 1.54) is 35.7 Å². The molecule has 0 saturated carbocycles. The van der Waals surface area contributed by atoms with E-state index in [0.717, 1.165) is 13.1 Å². The molecule has 0 radical (unpaired) electrons. The summed E-state index contributed by atoms with van der Waals surface area (Å²) in [7, 11) is 0. The molecule has 0 spiro atoms. The summed E-state index contributed by atoms with van der Waals surface area (Å²) in [6, 6.07) is 0. The van der Waals surface area contributed by atoms with Crippen LogP contribution in [0, 0.1) is 6.92 Å². The van der Waals surface area contributed by atoms with E-state index in [9.17, 15) is 0 Å². The lowest BCUT2D eigenvalue weighted by molar-refractivity contribution is 0.676. The Labute approximate surface area is 97.3 Å². The van der Waals surface area contributed by atoms with E-state index in [1.54, 1.807) is 0 Å². The van der Waals surface area contributed by atoms with Gasteiger partial charge in [-0.1, -0.05) is 26.7 Å². The summed E-state index contributed by atoms with van der Waals surface area (Å²) in [5.74, 6) is 0. The lowest BCUT2D eigenvalue weighted by atomic mass is 10.3. The van der Waals surface area contributed by atoms with Gasteiger partial charge in [0.2, 0.25) is 0 Å². The number of unbranched alkanes of at least 4 members (excludes halogenated alkanes) is 2. The average molecular weight is 226 g/mol. The molecule has 1 rings (SSSR count). The molecule has 86 valence electrons. The van der Waals surface area contributed by atoms with Crippen LogP contribution in [0.25, 0.3) is 0 Å². The fraction of sp³-hybridized carbons (Fsp3) is 0.750. The zero-order chi connectivity index (χ0) is 11.1. The fourth-order valence-corrected chi connectivity index (χ4v) is 2.30. The zero-order valence-corrected chi connectivity index (χ0v) is 10.9. The van der Waals surface area contributed by atoms with Crippen molar-refractivity contribution in [1.29, 1.82) is 0 Å². The van der Waals surface area contributed by atoms with Crippen LogP contribution in [0.5, 0.6) is 0 Å². The van der Waals surface area contributed by atoms with Gasteiger partial charge in [0, 0.05) is 24.2 Å².